The van der Waals surface area contributed by atoms with Crippen LogP contribution in [-0.2, 0) is 6.54 Å². The minimum atomic E-state index is -0.433. The van der Waals surface area contributed by atoms with E-state index in [1.54, 1.807) is 24.4 Å². The van der Waals surface area contributed by atoms with E-state index in [1.807, 2.05) is 37.1 Å². The smallest absolute Gasteiger partial charge is 0.282 e. The molecule has 0 radical (unpaired) electrons. The maximum atomic E-state index is 13.7. The highest BCUT2D eigenvalue weighted by Gasteiger charge is 2.20. The first-order chi connectivity index (χ1) is 20.8. The molecule has 6 rings (SSSR count). The van der Waals surface area contributed by atoms with E-state index in [-0.39, 0.29) is 5.39 Å². The topological polar surface area (TPSA) is 100 Å². The average molecular weight is 620 g/mol. The van der Waals surface area contributed by atoms with Gasteiger partial charge >= 0.3 is 0 Å². The zero-order chi connectivity index (χ0) is 30.1. The SMILES string of the molecule is CN(C)CCn1cc(-c2nn(-c3c(Cl)cccc3Cl)c(=O)c3cnc(Nc4ccc(N5CCN(C)CC5)cc4)nc23)cn1. The summed E-state index contributed by atoms with van der Waals surface area (Å²) < 4.78 is 3.05. The van der Waals surface area contributed by atoms with Crippen LogP contribution in [0.25, 0.3) is 27.8 Å². The molecule has 0 spiro atoms. The summed E-state index contributed by atoms with van der Waals surface area (Å²) in [4.78, 5) is 29.8. The number of fused-ring (bicyclic) bond motifs is 1. The fourth-order valence-corrected chi connectivity index (χ4v) is 5.54. The van der Waals surface area contributed by atoms with Crippen LogP contribution in [0.1, 0.15) is 0 Å². The van der Waals surface area contributed by atoms with Crippen LogP contribution in [0.2, 0.25) is 10.0 Å². The molecule has 0 amide bonds. The Morgan fingerprint density at radius 3 is 2.40 bits per heavy atom. The Balaban J connectivity index is 1.39. The van der Waals surface area contributed by atoms with Gasteiger partial charge in [-0.1, -0.05) is 29.3 Å². The van der Waals surface area contributed by atoms with Gasteiger partial charge in [-0.05, 0) is 57.5 Å². The number of nitrogens with one attached hydrogen (secondary N) is 1. The predicted octanol–water partition coefficient (Wildman–Crippen LogP) is 4.40. The van der Waals surface area contributed by atoms with Crippen molar-refractivity contribution < 1.29 is 0 Å². The van der Waals surface area contributed by atoms with Crippen LogP contribution in [0.5, 0.6) is 0 Å². The molecule has 5 aromatic rings. The summed E-state index contributed by atoms with van der Waals surface area (Å²) >= 11 is 13.0. The lowest BCUT2D eigenvalue weighted by molar-refractivity contribution is 0.313. The zero-order valence-electron chi connectivity index (χ0n) is 24.2. The maximum absolute atomic E-state index is 13.7. The van der Waals surface area contributed by atoms with Gasteiger partial charge in [0.05, 0.1) is 28.2 Å². The van der Waals surface area contributed by atoms with Crippen LogP contribution >= 0.6 is 23.2 Å². The van der Waals surface area contributed by atoms with Crippen molar-refractivity contribution in [3.05, 3.63) is 81.5 Å². The van der Waals surface area contributed by atoms with Gasteiger partial charge in [-0.3, -0.25) is 9.48 Å². The van der Waals surface area contributed by atoms with E-state index in [0.717, 1.165) is 38.4 Å². The van der Waals surface area contributed by atoms with Crippen molar-refractivity contribution in [2.75, 3.05) is 64.1 Å². The van der Waals surface area contributed by atoms with Crippen LogP contribution < -0.4 is 15.8 Å². The second kappa shape index (κ2) is 12.3. The largest absolute Gasteiger partial charge is 0.369 e. The molecule has 2 aromatic carbocycles. The molecule has 0 unspecified atom stereocenters. The Labute approximate surface area is 259 Å². The van der Waals surface area contributed by atoms with Gasteiger partial charge in [0.1, 0.15) is 16.9 Å². The lowest BCUT2D eigenvalue weighted by atomic mass is 10.2. The molecule has 222 valence electrons. The van der Waals surface area contributed by atoms with E-state index in [1.165, 1.54) is 16.6 Å². The van der Waals surface area contributed by atoms with Crippen LogP contribution in [0.3, 0.4) is 0 Å². The van der Waals surface area contributed by atoms with E-state index in [9.17, 15) is 4.79 Å². The molecule has 13 heteroatoms. The molecule has 3 aromatic heterocycles. The third-order valence-corrected chi connectivity index (χ3v) is 8.07. The van der Waals surface area contributed by atoms with Crippen molar-refractivity contribution >= 4 is 51.4 Å². The molecule has 0 aliphatic carbocycles. The number of halogens is 2. The number of nitrogens with zero attached hydrogens (tertiary/aromatic N) is 9. The summed E-state index contributed by atoms with van der Waals surface area (Å²) in [5.74, 6) is 0.343. The second-order valence-corrected chi connectivity index (χ2v) is 11.7. The number of anilines is 3. The van der Waals surface area contributed by atoms with E-state index in [2.05, 4.69) is 49.3 Å². The monoisotopic (exact) mass is 618 g/mol. The minimum Gasteiger partial charge on any atom is -0.369 e. The van der Waals surface area contributed by atoms with Crippen molar-refractivity contribution in [2.24, 2.45) is 0 Å². The first-order valence-corrected chi connectivity index (χ1v) is 14.7. The van der Waals surface area contributed by atoms with Crippen molar-refractivity contribution in [1.29, 1.82) is 0 Å². The number of benzene rings is 2. The molecular weight excluding hydrogens is 587 g/mol. The number of piperazine rings is 1. The van der Waals surface area contributed by atoms with Gasteiger partial charge in [-0.25, -0.2) is 9.97 Å². The standard InChI is InChI=1S/C30H32Cl2N10O/c1-38(2)11-16-41-19-20(17-34-41)26-27-23(29(43)42(37-26)28-24(31)5-4-6-25(28)32)18-33-30(36-27)35-21-7-9-22(10-8-21)40-14-12-39(3)13-15-40/h4-10,17-19H,11-16H2,1-3H3,(H,33,35,36). The first kappa shape index (κ1) is 29.1. The number of hydrogen-bond acceptors (Lipinski definition) is 9. The second-order valence-electron chi connectivity index (χ2n) is 10.8. The molecule has 1 aliphatic rings. The van der Waals surface area contributed by atoms with Crippen molar-refractivity contribution in [1.82, 2.24) is 39.3 Å². The average Bonchev–Trinajstić information content (AvgIpc) is 3.47. The van der Waals surface area contributed by atoms with Crippen LogP contribution in [0, 0.1) is 0 Å². The summed E-state index contributed by atoms with van der Waals surface area (Å²) in [5.41, 5.74) is 3.41. The molecule has 1 aliphatic heterocycles. The Morgan fingerprint density at radius 1 is 0.977 bits per heavy atom. The lowest BCUT2D eigenvalue weighted by Gasteiger charge is -2.34. The van der Waals surface area contributed by atoms with E-state index in [0.29, 0.717) is 45.0 Å². The lowest BCUT2D eigenvalue weighted by Crippen LogP contribution is -2.44. The van der Waals surface area contributed by atoms with Crippen molar-refractivity contribution in [3.8, 4) is 16.9 Å². The normalized spacial score (nSPS) is 14.1. The zero-order valence-corrected chi connectivity index (χ0v) is 25.7. The third kappa shape index (κ3) is 6.21. The Bertz CT molecular complexity index is 1790. The fraction of sp³-hybridized carbons (Fsp3) is 0.300. The van der Waals surface area contributed by atoms with Gasteiger partial charge < -0.3 is 20.0 Å². The van der Waals surface area contributed by atoms with Crippen molar-refractivity contribution in [3.63, 3.8) is 0 Å². The highest BCUT2D eigenvalue weighted by atomic mass is 35.5. The van der Waals surface area contributed by atoms with Gasteiger partial charge in [0.15, 0.2) is 0 Å². The molecular formula is C30H32Cl2N10O. The fourth-order valence-electron chi connectivity index (χ4n) is 4.98. The molecule has 11 nitrogen and oxygen atoms in total. The number of rotatable bonds is 8. The van der Waals surface area contributed by atoms with E-state index < -0.39 is 5.56 Å². The van der Waals surface area contributed by atoms with Gasteiger partial charge in [-0.15, -0.1) is 0 Å². The summed E-state index contributed by atoms with van der Waals surface area (Å²) in [6.45, 7) is 5.58. The molecule has 43 heavy (non-hydrogen) atoms. The molecule has 0 atom stereocenters. The highest BCUT2D eigenvalue weighted by molar-refractivity contribution is 6.37. The maximum Gasteiger partial charge on any atom is 0.282 e. The summed E-state index contributed by atoms with van der Waals surface area (Å²) in [6, 6.07) is 13.2. The van der Waals surface area contributed by atoms with Crippen LogP contribution in [0.15, 0.2) is 65.8 Å². The molecule has 1 saturated heterocycles. The van der Waals surface area contributed by atoms with Crippen LogP contribution in [0.4, 0.5) is 17.3 Å². The molecule has 0 bridgehead atoms. The van der Waals surface area contributed by atoms with Gasteiger partial charge in [0.2, 0.25) is 5.95 Å². The number of para-hydroxylation sites is 1. The Hall–Kier alpha value is -4.03. The minimum absolute atomic E-state index is 0.276. The number of hydrogen-bond donors (Lipinski definition) is 1. The Kier molecular flexibility index (Phi) is 8.31. The molecule has 1 N–H and O–H groups in total. The van der Waals surface area contributed by atoms with Crippen LogP contribution in [-0.4, -0.2) is 93.2 Å². The summed E-state index contributed by atoms with van der Waals surface area (Å²) in [5, 5.41) is 13.4. The Morgan fingerprint density at radius 2 is 1.70 bits per heavy atom. The number of aromatic nitrogens is 6. The van der Waals surface area contributed by atoms with Crippen molar-refractivity contribution in [2.45, 2.75) is 6.54 Å². The predicted molar refractivity (Wildman–Crippen MR) is 172 cm³/mol. The quantitative estimate of drug-likeness (QED) is 0.271. The summed E-state index contributed by atoms with van der Waals surface area (Å²) in [7, 11) is 6.16. The molecule has 0 saturated carbocycles. The highest BCUT2D eigenvalue weighted by Crippen LogP contribution is 2.30. The van der Waals surface area contributed by atoms with Gasteiger partial charge in [0, 0.05) is 62.1 Å². The molecule has 1 fully saturated rings. The van der Waals surface area contributed by atoms with E-state index in [4.69, 9.17) is 33.3 Å². The third-order valence-electron chi connectivity index (χ3n) is 7.46. The van der Waals surface area contributed by atoms with E-state index >= 15 is 0 Å². The molecule has 4 heterocycles. The number of likely N-dealkylation sites (N-methyl/N-ethyl adjacent to an activating group) is 2. The van der Waals surface area contributed by atoms with Gasteiger partial charge in [-0.2, -0.15) is 14.9 Å². The first-order valence-electron chi connectivity index (χ1n) is 14.0. The van der Waals surface area contributed by atoms with Gasteiger partial charge in [0.25, 0.3) is 5.56 Å². The summed E-state index contributed by atoms with van der Waals surface area (Å²) in [6.07, 6.45) is 5.11.